The highest BCUT2D eigenvalue weighted by Gasteiger charge is 2.42. The Morgan fingerprint density at radius 2 is 2.05 bits per heavy atom. The first-order valence-corrected chi connectivity index (χ1v) is 7.43. The summed E-state index contributed by atoms with van der Waals surface area (Å²) in [5.74, 6) is 0.0105. The average Bonchev–Trinajstić information content (AvgIpc) is 2.70. The van der Waals surface area contributed by atoms with Crippen molar-refractivity contribution < 1.29 is 4.79 Å². The lowest BCUT2D eigenvalue weighted by Crippen LogP contribution is -2.47. The van der Waals surface area contributed by atoms with Gasteiger partial charge in [0, 0.05) is 23.1 Å². The lowest BCUT2D eigenvalue weighted by molar-refractivity contribution is 0.0597. The number of fused-ring (bicyclic) bond motifs is 2. The Balaban J connectivity index is 1.82. The number of hydrogen-bond acceptors (Lipinski definition) is 3. The summed E-state index contributed by atoms with van der Waals surface area (Å²) in [5.41, 5.74) is 0.933. The maximum atomic E-state index is 12.5. The number of amides is 1. The highest BCUT2D eigenvalue weighted by atomic mass is 79.9. The number of piperidine rings is 1. The largest absolute Gasteiger partial charge is 0.331 e. The lowest BCUT2D eigenvalue weighted by Gasteiger charge is -2.37. The minimum atomic E-state index is 0.0105. The van der Waals surface area contributed by atoms with Gasteiger partial charge in [-0.3, -0.25) is 4.79 Å². The molecule has 3 rings (SSSR count). The molecule has 0 radical (unpaired) electrons. The molecule has 2 aliphatic rings. The zero-order chi connectivity index (χ0) is 13.4. The van der Waals surface area contributed by atoms with Crippen LogP contribution in [0.25, 0.3) is 0 Å². The number of rotatable bonds is 1. The van der Waals surface area contributed by atoms with Crippen molar-refractivity contribution in [1.29, 1.82) is 5.26 Å². The second-order valence-electron chi connectivity index (χ2n) is 5.21. The van der Waals surface area contributed by atoms with Crippen LogP contribution in [0.1, 0.15) is 41.7 Å². The third-order valence-corrected chi connectivity index (χ3v) is 4.77. The number of nitrogens with zero attached hydrogens (tertiary/aromatic N) is 3. The lowest BCUT2D eigenvalue weighted by atomic mass is 10.0. The molecule has 2 bridgehead atoms. The summed E-state index contributed by atoms with van der Waals surface area (Å²) < 4.78 is 0. The molecule has 0 spiro atoms. The summed E-state index contributed by atoms with van der Waals surface area (Å²) in [6, 6.07) is 6.00. The first-order chi connectivity index (χ1) is 9.19. The zero-order valence-electron chi connectivity index (χ0n) is 10.4. The first kappa shape index (κ1) is 12.6. The van der Waals surface area contributed by atoms with Crippen LogP contribution in [0.3, 0.4) is 0 Å². The van der Waals surface area contributed by atoms with Gasteiger partial charge < -0.3 is 4.90 Å². The Labute approximate surface area is 120 Å². The minimum Gasteiger partial charge on any atom is -0.331 e. The third-order valence-electron chi connectivity index (χ3n) is 4.02. The van der Waals surface area contributed by atoms with E-state index >= 15 is 0 Å². The van der Waals surface area contributed by atoms with Crippen LogP contribution in [0.5, 0.6) is 0 Å². The van der Waals surface area contributed by atoms with Crippen LogP contribution in [0.2, 0.25) is 0 Å². The van der Waals surface area contributed by atoms with Gasteiger partial charge in [-0.2, -0.15) is 5.26 Å². The molecule has 0 N–H and O–H groups in total. The van der Waals surface area contributed by atoms with Crippen molar-refractivity contribution in [2.75, 3.05) is 0 Å². The van der Waals surface area contributed by atoms with Gasteiger partial charge in [0.1, 0.15) is 11.8 Å². The van der Waals surface area contributed by atoms with Gasteiger partial charge in [0.2, 0.25) is 0 Å². The van der Waals surface area contributed by atoms with Crippen molar-refractivity contribution in [3.8, 4) is 6.07 Å². The smallest absolute Gasteiger partial charge is 0.272 e. The van der Waals surface area contributed by atoms with Crippen molar-refractivity contribution >= 4 is 21.8 Å². The van der Waals surface area contributed by atoms with Gasteiger partial charge in [-0.15, -0.1) is 0 Å². The highest BCUT2D eigenvalue weighted by Crippen LogP contribution is 2.39. The quantitative estimate of drug-likeness (QED) is 0.747. The number of nitriles is 1. The Morgan fingerprint density at radius 1 is 1.37 bits per heavy atom. The Kier molecular flexibility index (Phi) is 3.28. The molecule has 1 aromatic heterocycles. The number of aromatic nitrogens is 1. The number of alkyl halides is 1. The van der Waals surface area contributed by atoms with Crippen molar-refractivity contribution in [3.63, 3.8) is 0 Å². The first-order valence-electron chi connectivity index (χ1n) is 6.52. The van der Waals surface area contributed by atoms with Gasteiger partial charge in [-0.1, -0.05) is 15.9 Å². The molecule has 19 heavy (non-hydrogen) atoms. The molecule has 4 nitrogen and oxygen atoms in total. The fourth-order valence-electron chi connectivity index (χ4n) is 3.16. The summed E-state index contributed by atoms with van der Waals surface area (Å²) in [6.45, 7) is 0. The maximum absolute atomic E-state index is 12.5. The fraction of sp³-hybridized carbons (Fsp3) is 0.500. The zero-order valence-corrected chi connectivity index (χ0v) is 12.0. The van der Waals surface area contributed by atoms with Crippen molar-refractivity contribution in [2.45, 2.75) is 42.6 Å². The van der Waals surface area contributed by atoms with Gasteiger partial charge in [0.05, 0.1) is 5.56 Å². The van der Waals surface area contributed by atoms with Gasteiger partial charge >= 0.3 is 0 Å². The Hall–Kier alpha value is -1.41. The molecule has 2 unspecified atom stereocenters. The number of hydrogen-bond donors (Lipinski definition) is 0. The fourth-order valence-corrected chi connectivity index (χ4v) is 4.02. The minimum absolute atomic E-state index is 0.0105. The molecular weight excluding hydrogens is 306 g/mol. The normalized spacial score (nSPS) is 29.1. The molecule has 2 atom stereocenters. The van der Waals surface area contributed by atoms with E-state index in [2.05, 4.69) is 20.9 Å². The summed E-state index contributed by atoms with van der Waals surface area (Å²) in [6.07, 6.45) is 5.70. The molecule has 0 aliphatic carbocycles. The number of carbonyl (C=O) groups excluding carboxylic acids is 1. The van der Waals surface area contributed by atoms with Crippen molar-refractivity contribution in [3.05, 3.63) is 29.6 Å². The van der Waals surface area contributed by atoms with E-state index in [1.54, 1.807) is 12.1 Å². The second kappa shape index (κ2) is 4.93. The van der Waals surface area contributed by atoms with Crippen LogP contribution in [0, 0.1) is 11.3 Å². The Bertz CT molecular complexity index is 523. The predicted molar refractivity (Wildman–Crippen MR) is 73.9 cm³/mol. The summed E-state index contributed by atoms with van der Waals surface area (Å²) >= 11 is 3.67. The molecular formula is C14H14BrN3O. The van der Waals surface area contributed by atoms with E-state index in [9.17, 15) is 4.79 Å². The Morgan fingerprint density at radius 3 is 2.58 bits per heavy atom. The highest BCUT2D eigenvalue weighted by molar-refractivity contribution is 9.09. The van der Waals surface area contributed by atoms with E-state index in [-0.39, 0.29) is 5.91 Å². The molecule has 0 saturated carbocycles. The number of pyridine rings is 1. The van der Waals surface area contributed by atoms with Crippen LogP contribution in [-0.4, -0.2) is 32.7 Å². The van der Waals surface area contributed by atoms with Crippen LogP contribution in [-0.2, 0) is 0 Å². The predicted octanol–water partition coefficient (Wildman–Crippen LogP) is 2.48. The third kappa shape index (κ3) is 2.25. The summed E-state index contributed by atoms with van der Waals surface area (Å²) in [4.78, 5) is 19.2. The van der Waals surface area contributed by atoms with E-state index in [4.69, 9.17) is 5.26 Å². The van der Waals surface area contributed by atoms with Gasteiger partial charge in [-0.05, 0) is 37.8 Å². The van der Waals surface area contributed by atoms with Gasteiger partial charge in [0.15, 0.2) is 0 Å². The molecule has 3 heterocycles. The molecule has 2 saturated heterocycles. The molecule has 0 aromatic carbocycles. The van der Waals surface area contributed by atoms with Crippen LogP contribution in [0.4, 0.5) is 0 Å². The number of halogens is 1. The topological polar surface area (TPSA) is 57.0 Å². The van der Waals surface area contributed by atoms with Gasteiger partial charge in [0.25, 0.3) is 5.91 Å². The summed E-state index contributed by atoms with van der Waals surface area (Å²) in [7, 11) is 0. The van der Waals surface area contributed by atoms with Crippen LogP contribution < -0.4 is 0 Å². The molecule has 98 valence electrons. The van der Waals surface area contributed by atoms with E-state index in [0.717, 1.165) is 25.7 Å². The average molecular weight is 320 g/mol. The molecule has 2 fully saturated rings. The SMILES string of the molecule is N#Cc1ccc(C(=O)N2C3CCC2CC(Br)C3)nc1. The molecule has 5 heteroatoms. The van der Waals surface area contributed by atoms with Crippen LogP contribution in [0.15, 0.2) is 18.3 Å². The standard InChI is InChI=1S/C14H14BrN3O/c15-10-5-11-2-3-12(6-10)18(11)14(19)13-4-1-9(7-16)8-17-13/h1,4,8,10-12H,2-3,5-6H2. The monoisotopic (exact) mass is 319 g/mol. The van der Waals surface area contributed by atoms with Gasteiger partial charge in [-0.25, -0.2) is 4.98 Å². The summed E-state index contributed by atoms with van der Waals surface area (Å²) in [5, 5.41) is 8.75. The maximum Gasteiger partial charge on any atom is 0.272 e. The number of carbonyl (C=O) groups is 1. The molecule has 1 aromatic rings. The molecule has 2 aliphatic heterocycles. The van der Waals surface area contributed by atoms with E-state index in [1.807, 2.05) is 11.0 Å². The van der Waals surface area contributed by atoms with E-state index in [0.29, 0.717) is 28.2 Å². The molecule has 1 amide bonds. The van der Waals surface area contributed by atoms with E-state index in [1.165, 1.54) is 6.20 Å². The van der Waals surface area contributed by atoms with Crippen molar-refractivity contribution in [2.24, 2.45) is 0 Å². The second-order valence-corrected chi connectivity index (χ2v) is 6.50. The van der Waals surface area contributed by atoms with Crippen molar-refractivity contribution in [1.82, 2.24) is 9.88 Å². The van der Waals surface area contributed by atoms with E-state index < -0.39 is 0 Å². The van der Waals surface area contributed by atoms with Crippen LogP contribution >= 0.6 is 15.9 Å².